The molecule has 1 N–H and O–H groups in total. The Morgan fingerprint density at radius 3 is 2.86 bits per heavy atom. The molecular weight excluding hydrogens is 282 g/mol. The number of anilines is 1. The molecule has 0 radical (unpaired) electrons. The number of rotatable bonds is 6. The smallest absolute Gasteiger partial charge is 0.308 e. The highest BCUT2D eigenvalue weighted by Crippen LogP contribution is 2.19. The maximum Gasteiger partial charge on any atom is 0.308 e. The van der Waals surface area contributed by atoms with Gasteiger partial charge in [0, 0.05) is 19.2 Å². The third-order valence-electron chi connectivity index (χ3n) is 3.28. The van der Waals surface area contributed by atoms with Gasteiger partial charge in [0.1, 0.15) is 5.76 Å². The molecule has 0 aliphatic carbocycles. The van der Waals surface area contributed by atoms with Crippen LogP contribution in [-0.4, -0.2) is 22.8 Å². The van der Waals surface area contributed by atoms with Crippen molar-refractivity contribution in [2.75, 3.05) is 11.4 Å². The predicted octanol–water partition coefficient (Wildman–Crippen LogP) is 2.58. The van der Waals surface area contributed by atoms with Crippen molar-refractivity contribution in [3.05, 3.63) is 47.2 Å². The Bertz CT molecular complexity index is 703. The Morgan fingerprint density at radius 2 is 2.27 bits per heavy atom. The molecule has 114 valence electrons. The standard InChI is InChI=1S/C16H17N3O3/c1-11(16(20)21)9-19(15-6-12(2)22-18-15)10-14-5-3-4-13(7-14)8-17/h3-7,11H,9-10H2,1-2H3,(H,20,21). The predicted molar refractivity (Wildman–Crippen MR) is 80.2 cm³/mol. The van der Waals surface area contributed by atoms with Gasteiger partial charge in [-0.25, -0.2) is 0 Å². The number of hydrogen-bond donors (Lipinski definition) is 1. The second kappa shape index (κ2) is 6.76. The summed E-state index contributed by atoms with van der Waals surface area (Å²) in [5, 5.41) is 22.0. The Hall–Kier alpha value is -2.81. The molecule has 0 amide bonds. The van der Waals surface area contributed by atoms with Gasteiger partial charge in [-0.1, -0.05) is 24.2 Å². The molecule has 0 aliphatic rings. The minimum atomic E-state index is -0.865. The number of benzene rings is 1. The molecule has 2 aromatic rings. The summed E-state index contributed by atoms with van der Waals surface area (Å²) in [5.41, 5.74) is 1.48. The van der Waals surface area contributed by atoms with Crippen molar-refractivity contribution in [1.29, 1.82) is 5.26 Å². The quantitative estimate of drug-likeness (QED) is 0.881. The zero-order valence-electron chi connectivity index (χ0n) is 12.5. The Labute approximate surface area is 128 Å². The van der Waals surface area contributed by atoms with Crippen LogP contribution in [0.2, 0.25) is 0 Å². The zero-order chi connectivity index (χ0) is 16.1. The molecule has 1 atom stereocenters. The molecule has 6 heteroatoms. The van der Waals surface area contributed by atoms with Crippen LogP contribution in [0.5, 0.6) is 0 Å². The summed E-state index contributed by atoms with van der Waals surface area (Å²) in [6.07, 6.45) is 0. The van der Waals surface area contributed by atoms with Gasteiger partial charge in [0.2, 0.25) is 0 Å². The first kappa shape index (κ1) is 15.6. The largest absolute Gasteiger partial charge is 0.481 e. The van der Waals surface area contributed by atoms with E-state index < -0.39 is 11.9 Å². The van der Waals surface area contributed by atoms with Crippen molar-refractivity contribution < 1.29 is 14.4 Å². The van der Waals surface area contributed by atoms with E-state index in [1.807, 2.05) is 11.0 Å². The fraction of sp³-hybridized carbons (Fsp3) is 0.312. The first-order valence-electron chi connectivity index (χ1n) is 6.89. The maximum atomic E-state index is 11.1. The van der Waals surface area contributed by atoms with Crippen LogP contribution in [0.15, 0.2) is 34.9 Å². The van der Waals surface area contributed by atoms with Gasteiger partial charge in [-0.05, 0) is 24.6 Å². The maximum absolute atomic E-state index is 11.1. The summed E-state index contributed by atoms with van der Waals surface area (Å²) < 4.78 is 5.08. The van der Waals surface area contributed by atoms with E-state index in [4.69, 9.17) is 14.9 Å². The molecule has 0 fully saturated rings. The fourth-order valence-electron chi connectivity index (χ4n) is 2.11. The van der Waals surface area contributed by atoms with Gasteiger partial charge >= 0.3 is 5.97 Å². The van der Waals surface area contributed by atoms with Crippen molar-refractivity contribution >= 4 is 11.8 Å². The molecular formula is C16H17N3O3. The normalized spacial score (nSPS) is 11.7. The van der Waals surface area contributed by atoms with Gasteiger partial charge in [-0.2, -0.15) is 5.26 Å². The Morgan fingerprint density at radius 1 is 1.50 bits per heavy atom. The molecule has 1 heterocycles. The van der Waals surface area contributed by atoms with E-state index >= 15 is 0 Å². The fourth-order valence-corrected chi connectivity index (χ4v) is 2.11. The zero-order valence-corrected chi connectivity index (χ0v) is 12.5. The SMILES string of the molecule is Cc1cc(N(Cc2cccc(C#N)c2)CC(C)C(=O)O)no1. The number of carboxylic acids is 1. The van der Waals surface area contributed by atoms with Crippen LogP contribution in [0.25, 0.3) is 0 Å². The third kappa shape index (κ3) is 3.85. The Balaban J connectivity index is 2.24. The van der Waals surface area contributed by atoms with Gasteiger partial charge in [-0.15, -0.1) is 0 Å². The molecule has 0 saturated carbocycles. The molecule has 6 nitrogen and oxygen atoms in total. The minimum Gasteiger partial charge on any atom is -0.481 e. The number of hydrogen-bond acceptors (Lipinski definition) is 5. The van der Waals surface area contributed by atoms with Crippen LogP contribution in [0.1, 0.15) is 23.8 Å². The summed E-state index contributed by atoms with van der Waals surface area (Å²) in [7, 11) is 0. The lowest BCUT2D eigenvalue weighted by molar-refractivity contribution is -0.140. The Kier molecular flexibility index (Phi) is 4.79. The van der Waals surface area contributed by atoms with E-state index in [-0.39, 0.29) is 0 Å². The third-order valence-corrected chi connectivity index (χ3v) is 3.28. The second-order valence-electron chi connectivity index (χ2n) is 5.23. The summed E-state index contributed by atoms with van der Waals surface area (Å²) in [6, 6.07) is 11.1. The highest BCUT2D eigenvalue weighted by atomic mass is 16.5. The molecule has 22 heavy (non-hydrogen) atoms. The summed E-state index contributed by atoms with van der Waals surface area (Å²) in [4.78, 5) is 12.9. The molecule has 1 aromatic heterocycles. The van der Waals surface area contributed by atoms with Gasteiger partial charge < -0.3 is 14.5 Å². The van der Waals surface area contributed by atoms with E-state index in [0.717, 1.165) is 5.56 Å². The van der Waals surface area contributed by atoms with Crippen LogP contribution >= 0.6 is 0 Å². The molecule has 0 aliphatic heterocycles. The van der Waals surface area contributed by atoms with Crippen molar-refractivity contribution in [2.45, 2.75) is 20.4 Å². The van der Waals surface area contributed by atoms with E-state index in [2.05, 4.69) is 11.2 Å². The van der Waals surface area contributed by atoms with Crippen molar-refractivity contribution in [3.8, 4) is 6.07 Å². The monoisotopic (exact) mass is 299 g/mol. The van der Waals surface area contributed by atoms with Crippen molar-refractivity contribution in [1.82, 2.24) is 5.16 Å². The topological polar surface area (TPSA) is 90.4 Å². The highest BCUT2D eigenvalue weighted by molar-refractivity contribution is 5.70. The second-order valence-corrected chi connectivity index (χ2v) is 5.23. The minimum absolute atomic E-state index is 0.304. The van der Waals surface area contributed by atoms with Gasteiger partial charge in [0.25, 0.3) is 0 Å². The first-order valence-corrected chi connectivity index (χ1v) is 6.89. The van der Waals surface area contributed by atoms with Gasteiger partial charge in [-0.3, -0.25) is 4.79 Å². The molecule has 0 bridgehead atoms. The number of carboxylic acid groups (broad SMARTS) is 1. The van der Waals surface area contributed by atoms with Crippen LogP contribution in [0.3, 0.4) is 0 Å². The number of nitriles is 1. The first-order chi connectivity index (χ1) is 10.5. The molecule has 2 rings (SSSR count). The lowest BCUT2D eigenvalue weighted by atomic mass is 10.1. The number of nitrogens with zero attached hydrogens (tertiary/aromatic N) is 3. The molecule has 1 aromatic carbocycles. The van der Waals surface area contributed by atoms with E-state index in [1.165, 1.54) is 0 Å². The van der Waals surface area contributed by atoms with Gasteiger partial charge in [0.15, 0.2) is 5.82 Å². The number of aliphatic carboxylic acids is 1. The van der Waals surface area contributed by atoms with Crippen molar-refractivity contribution in [3.63, 3.8) is 0 Å². The van der Waals surface area contributed by atoms with Crippen molar-refractivity contribution in [2.24, 2.45) is 5.92 Å². The van der Waals surface area contributed by atoms with Gasteiger partial charge in [0.05, 0.1) is 17.6 Å². The number of aromatic nitrogens is 1. The number of carbonyl (C=O) groups is 1. The summed E-state index contributed by atoms with van der Waals surface area (Å²) in [5.74, 6) is -0.158. The van der Waals surface area contributed by atoms with Crippen LogP contribution in [0.4, 0.5) is 5.82 Å². The van der Waals surface area contributed by atoms with Crippen LogP contribution in [-0.2, 0) is 11.3 Å². The van der Waals surface area contributed by atoms with E-state index in [9.17, 15) is 4.79 Å². The molecule has 0 saturated heterocycles. The average molecular weight is 299 g/mol. The lowest BCUT2D eigenvalue weighted by Gasteiger charge is -2.23. The van der Waals surface area contributed by atoms with Crippen LogP contribution in [0, 0.1) is 24.2 Å². The molecule has 0 spiro atoms. The average Bonchev–Trinajstić information content (AvgIpc) is 2.93. The summed E-state index contributed by atoms with van der Waals surface area (Å²) >= 11 is 0. The van der Waals surface area contributed by atoms with Crippen LogP contribution < -0.4 is 4.90 Å². The lowest BCUT2D eigenvalue weighted by Crippen LogP contribution is -2.31. The molecule has 1 unspecified atom stereocenters. The highest BCUT2D eigenvalue weighted by Gasteiger charge is 2.19. The van der Waals surface area contributed by atoms with E-state index in [1.54, 1.807) is 38.1 Å². The van der Waals surface area contributed by atoms with E-state index in [0.29, 0.717) is 30.2 Å². The summed E-state index contributed by atoms with van der Waals surface area (Å²) in [6.45, 7) is 4.19. The number of aryl methyl sites for hydroxylation is 1.